The maximum atomic E-state index is 11.9. The van der Waals surface area contributed by atoms with E-state index in [1.54, 1.807) is 7.05 Å². The highest BCUT2D eigenvalue weighted by atomic mass is 127. The molecule has 0 heterocycles. The van der Waals surface area contributed by atoms with Crippen molar-refractivity contribution in [2.75, 3.05) is 20.1 Å². The standard InChI is InChI=1S/C19H32N4O.HI/c1-14-8-10-15(11-9-14)19(5,6)13-22-17(20-7)21-12-16(24)23-18(2,3)4;/h8-11H,12-13H2,1-7H3,(H,23,24)(H2,20,21,22);1H. The first-order valence-electron chi connectivity index (χ1n) is 8.36. The molecule has 0 fully saturated rings. The molecule has 1 aromatic carbocycles. The van der Waals surface area contributed by atoms with Gasteiger partial charge in [0.05, 0.1) is 6.54 Å². The summed E-state index contributed by atoms with van der Waals surface area (Å²) in [6, 6.07) is 8.57. The number of guanidine groups is 1. The first-order valence-corrected chi connectivity index (χ1v) is 8.36. The molecule has 6 heteroatoms. The number of rotatable bonds is 5. The molecule has 5 nitrogen and oxygen atoms in total. The lowest BCUT2D eigenvalue weighted by atomic mass is 9.84. The molecule has 0 saturated carbocycles. The average molecular weight is 460 g/mol. The number of halogens is 1. The topological polar surface area (TPSA) is 65.5 Å². The van der Waals surface area contributed by atoms with Crippen LogP contribution in [0.5, 0.6) is 0 Å². The molecule has 25 heavy (non-hydrogen) atoms. The molecular weight excluding hydrogens is 427 g/mol. The zero-order valence-corrected chi connectivity index (χ0v) is 18.8. The zero-order valence-electron chi connectivity index (χ0n) is 16.5. The van der Waals surface area contributed by atoms with Gasteiger partial charge in [-0.05, 0) is 33.3 Å². The summed E-state index contributed by atoms with van der Waals surface area (Å²) >= 11 is 0. The van der Waals surface area contributed by atoms with E-state index in [0.29, 0.717) is 5.96 Å². The fourth-order valence-electron chi connectivity index (χ4n) is 2.26. The van der Waals surface area contributed by atoms with E-state index in [1.807, 2.05) is 20.8 Å². The van der Waals surface area contributed by atoms with Crippen molar-refractivity contribution in [1.29, 1.82) is 0 Å². The normalized spacial score (nSPS) is 12.2. The van der Waals surface area contributed by atoms with Crippen LogP contribution in [0.1, 0.15) is 45.7 Å². The van der Waals surface area contributed by atoms with Crippen LogP contribution in [0.4, 0.5) is 0 Å². The fraction of sp³-hybridized carbons (Fsp3) is 0.579. The second-order valence-corrected chi connectivity index (χ2v) is 7.83. The van der Waals surface area contributed by atoms with Crippen LogP contribution in [0.15, 0.2) is 29.3 Å². The van der Waals surface area contributed by atoms with Crippen LogP contribution in [0.25, 0.3) is 0 Å². The number of hydrogen-bond acceptors (Lipinski definition) is 2. The van der Waals surface area contributed by atoms with Crippen molar-refractivity contribution in [3.63, 3.8) is 0 Å². The Morgan fingerprint density at radius 1 is 1.04 bits per heavy atom. The molecule has 0 bridgehead atoms. The van der Waals surface area contributed by atoms with E-state index < -0.39 is 0 Å². The number of aryl methyl sites for hydroxylation is 1. The van der Waals surface area contributed by atoms with Crippen molar-refractivity contribution in [3.05, 3.63) is 35.4 Å². The quantitative estimate of drug-likeness (QED) is 0.360. The largest absolute Gasteiger partial charge is 0.356 e. The second kappa shape index (κ2) is 9.99. The van der Waals surface area contributed by atoms with Gasteiger partial charge in [-0.2, -0.15) is 0 Å². The Bertz CT molecular complexity index is 574. The molecule has 0 radical (unpaired) electrons. The summed E-state index contributed by atoms with van der Waals surface area (Å²) in [5.74, 6) is 0.572. The van der Waals surface area contributed by atoms with Crippen molar-refractivity contribution < 1.29 is 4.79 Å². The van der Waals surface area contributed by atoms with Crippen LogP contribution in [0, 0.1) is 6.92 Å². The lowest BCUT2D eigenvalue weighted by Gasteiger charge is -2.27. The Hall–Kier alpha value is -1.31. The predicted octanol–water partition coefficient (Wildman–Crippen LogP) is 2.97. The molecule has 0 spiro atoms. The van der Waals surface area contributed by atoms with Gasteiger partial charge in [-0.25, -0.2) is 0 Å². The van der Waals surface area contributed by atoms with Crippen LogP contribution < -0.4 is 16.0 Å². The van der Waals surface area contributed by atoms with Gasteiger partial charge in [-0.3, -0.25) is 9.79 Å². The number of carbonyl (C=O) groups is 1. The van der Waals surface area contributed by atoms with Crippen molar-refractivity contribution in [2.24, 2.45) is 4.99 Å². The molecule has 1 amide bonds. The lowest BCUT2D eigenvalue weighted by Crippen LogP contribution is -2.49. The lowest BCUT2D eigenvalue weighted by molar-refractivity contribution is -0.121. The Morgan fingerprint density at radius 3 is 2.08 bits per heavy atom. The third-order valence-corrected chi connectivity index (χ3v) is 3.69. The monoisotopic (exact) mass is 460 g/mol. The molecule has 1 aromatic rings. The number of amides is 1. The number of nitrogens with zero attached hydrogens (tertiary/aromatic N) is 1. The van der Waals surface area contributed by atoms with Gasteiger partial charge in [0.25, 0.3) is 0 Å². The minimum Gasteiger partial charge on any atom is -0.356 e. The van der Waals surface area contributed by atoms with E-state index in [1.165, 1.54) is 11.1 Å². The molecule has 0 saturated heterocycles. The number of benzene rings is 1. The number of aliphatic imine (C=N–C) groups is 1. The summed E-state index contributed by atoms with van der Waals surface area (Å²) in [5, 5.41) is 9.27. The summed E-state index contributed by atoms with van der Waals surface area (Å²) < 4.78 is 0. The van der Waals surface area contributed by atoms with E-state index in [2.05, 4.69) is 66.0 Å². The van der Waals surface area contributed by atoms with Crippen LogP contribution in [0.2, 0.25) is 0 Å². The van der Waals surface area contributed by atoms with E-state index >= 15 is 0 Å². The Morgan fingerprint density at radius 2 is 1.60 bits per heavy atom. The van der Waals surface area contributed by atoms with E-state index in [9.17, 15) is 4.79 Å². The highest BCUT2D eigenvalue weighted by molar-refractivity contribution is 14.0. The molecule has 0 aliphatic heterocycles. The molecule has 142 valence electrons. The maximum Gasteiger partial charge on any atom is 0.239 e. The summed E-state index contributed by atoms with van der Waals surface area (Å²) in [5.41, 5.74) is 2.24. The molecule has 0 unspecified atom stereocenters. The van der Waals surface area contributed by atoms with Crippen molar-refractivity contribution >= 4 is 35.8 Å². The van der Waals surface area contributed by atoms with Crippen molar-refractivity contribution in [1.82, 2.24) is 16.0 Å². The van der Waals surface area contributed by atoms with Gasteiger partial charge < -0.3 is 16.0 Å². The van der Waals surface area contributed by atoms with E-state index in [4.69, 9.17) is 0 Å². The number of nitrogens with one attached hydrogen (secondary N) is 3. The smallest absolute Gasteiger partial charge is 0.239 e. The van der Waals surface area contributed by atoms with Crippen LogP contribution >= 0.6 is 24.0 Å². The van der Waals surface area contributed by atoms with Crippen LogP contribution in [-0.4, -0.2) is 37.5 Å². The van der Waals surface area contributed by atoms with Gasteiger partial charge in [0.15, 0.2) is 5.96 Å². The molecule has 0 aromatic heterocycles. The fourth-order valence-corrected chi connectivity index (χ4v) is 2.26. The number of hydrogen-bond donors (Lipinski definition) is 3. The van der Waals surface area contributed by atoms with Crippen molar-refractivity contribution in [2.45, 2.75) is 52.5 Å². The molecular formula is C19H33IN4O. The molecule has 0 aliphatic rings. The van der Waals surface area contributed by atoms with Gasteiger partial charge in [0, 0.05) is 24.5 Å². The zero-order chi connectivity index (χ0) is 18.4. The van der Waals surface area contributed by atoms with E-state index in [0.717, 1.165) is 6.54 Å². The summed E-state index contributed by atoms with van der Waals surface area (Å²) in [6.07, 6.45) is 0. The Kier molecular flexibility index (Phi) is 9.47. The van der Waals surface area contributed by atoms with Crippen LogP contribution in [0.3, 0.4) is 0 Å². The van der Waals surface area contributed by atoms with Gasteiger partial charge in [-0.1, -0.05) is 43.7 Å². The first kappa shape index (κ1) is 23.7. The van der Waals surface area contributed by atoms with E-state index in [-0.39, 0.29) is 47.4 Å². The highest BCUT2D eigenvalue weighted by Gasteiger charge is 2.21. The highest BCUT2D eigenvalue weighted by Crippen LogP contribution is 2.22. The van der Waals surface area contributed by atoms with Gasteiger partial charge >= 0.3 is 0 Å². The van der Waals surface area contributed by atoms with Crippen LogP contribution in [-0.2, 0) is 10.2 Å². The molecule has 0 atom stereocenters. The van der Waals surface area contributed by atoms with Crippen molar-refractivity contribution in [3.8, 4) is 0 Å². The summed E-state index contributed by atoms with van der Waals surface area (Å²) in [6.45, 7) is 13.3. The Labute approximate surface area is 169 Å². The summed E-state index contributed by atoms with van der Waals surface area (Å²) in [4.78, 5) is 16.1. The SMILES string of the molecule is CN=C(NCC(=O)NC(C)(C)C)NCC(C)(C)c1ccc(C)cc1.I. The van der Waals surface area contributed by atoms with Gasteiger partial charge in [-0.15, -0.1) is 24.0 Å². The molecule has 3 N–H and O–H groups in total. The van der Waals surface area contributed by atoms with Gasteiger partial charge in [0.1, 0.15) is 0 Å². The molecule has 1 rings (SSSR count). The summed E-state index contributed by atoms with van der Waals surface area (Å²) in [7, 11) is 1.70. The minimum absolute atomic E-state index is 0. The number of carbonyl (C=O) groups excluding carboxylic acids is 1. The molecule has 0 aliphatic carbocycles. The third-order valence-electron chi connectivity index (χ3n) is 3.69. The van der Waals surface area contributed by atoms with Gasteiger partial charge in [0.2, 0.25) is 5.91 Å². The second-order valence-electron chi connectivity index (χ2n) is 7.83. The third kappa shape index (κ3) is 9.09. The predicted molar refractivity (Wildman–Crippen MR) is 117 cm³/mol. The maximum absolute atomic E-state index is 11.9. The average Bonchev–Trinajstić information content (AvgIpc) is 2.46. The Balaban J connectivity index is 0.00000576. The minimum atomic E-state index is -0.233. The first-order chi connectivity index (χ1) is 11.0.